The average Bonchev–Trinajstić information content (AvgIpc) is 2.24. The monoisotopic (exact) mass is 260 g/mol. The largest absolute Gasteiger partial charge is 0.480 e. The standard InChI is InChI=1S/C12H24N2O4/c1-8(2)10(11(16)17)13-12(18)14(9(3)4)6-5-7-15/h8-10,15H,5-7H2,1-4H3,(H,13,18)(H,16,17). The van der Waals surface area contributed by atoms with Crippen LogP contribution in [-0.2, 0) is 4.79 Å². The van der Waals surface area contributed by atoms with E-state index in [2.05, 4.69) is 5.32 Å². The molecule has 1 unspecified atom stereocenters. The summed E-state index contributed by atoms with van der Waals surface area (Å²) < 4.78 is 0. The van der Waals surface area contributed by atoms with Crippen molar-refractivity contribution >= 4 is 12.0 Å². The summed E-state index contributed by atoms with van der Waals surface area (Å²) in [7, 11) is 0. The Kier molecular flexibility index (Phi) is 7.35. The highest BCUT2D eigenvalue weighted by atomic mass is 16.4. The number of carbonyl (C=O) groups is 2. The molecule has 3 N–H and O–H groups in total. The second-order valence-electron chi connectivity index (χ2n) is 4.87. The van der Waals surface area contributed by atoms with Gasteiger partial charge in [0.2, 0.25) is 0 Å². The minimum atomic E-state index is -1.04. The molecular weight excluding hydrogens is 236 g/mol. The first-order chi connectivity index (χ1) is 8.31. The lowest BCUT2D eigenvalue weighted by Gasteiger charge is -2.29. The van der Waals surface area contributed by atoms with Gasteiger partial charge >= 0.3 is 12.0 Å². The predicted octanol–water partition coefficient (Wildman–Crippen LogP) is 0.898. The molecule has 0 spiro atoms. The first-order valence-electron chi connectivity index (χ1n) is 6.22. The Morgan fingerprint density at radius 2 is 1.78 bits per heavy atom. The van der Waals surface area contributed by atoms with Crippen LogP contribution in [0.4, 0.5) is 4.79 Å². The molecule has 0 fully saturated rings. The zero-order valence-corrected chi connectivity index (χ0v) is 11.5. The summed E-state index contributed by atoms with van der Waals surface area (Å²) in [4.78, 5) is 24.5. The molecule has 0 saturated heterocycles. The third kappa shape index (κ3) is 5.35. The second kappa shape index (κ2) is 7.92. The van der Waals surface area contributed by atoms with Crippen molar-refractivity contribution in [2.45, 2.75) is 46.2 Å². The van der Waals surface area contributed by atoms with Gasteiger partial charge in [0.25, 0.3) is 0 Å². The normalized spacial score (nSPS) is 12.6. The second-order valence-corrected chi connectivity index (χ2v) is 4.87. The minimum absolute atomic E-state index is 0.00302. The Bertz CT molecular complexity index is 279. The van der Waals surface area contributed by atoms with Crippen LogP contribution < -0.4 is 5.32 Å². The number of carbonyl (C=O) groups excluding carboxylic acids is 1. The van der Waals surface area contributed by atoms with E-state index >= 15 is 0 Å². The SMILES string of the molecule is CC(C)C(NC(=O)N(CCCO)C(C)C)C(=O)O. The maximum Gasteiger partial charge on any atom is 0.326 e. The molecule has 106 valence electrons. The smallest absolute Gasteiger partial charge is 0.326 e. The molecular formula is C12H24N2O4. The number of carboxylic acids is 1. The molecule has 0 rings (SSSR count). The van der Waals surface area contributed by atoms with Crippen molar-refractivity contribution in [2.75, 3.05) is 13.2 Å². The third-order valence-electron chi connectivity index (χ3n) is 2.65. The van der Waals surface area contributed by atoms with Gasteiger partial charge in [0.15, 0.2) is 0 Å². The number of urea groups is 1. The van der Waals surface area contributed by atoms with Crippen molar-refractivity contribution in [3.63, 3.8) is 0 Å². The van der Waals surface area contributed by atoms with Crippen LogP contribution in [-0.4, -0.2) is 52.3 Å². The maximum atomic E-state index is 12.0. The highest BCUT2D eigenvalue weighted by Crippen LogP contribution is 2.05. The number of aliphatic hydroxyl groups excluding tert-OH is 1. The molecule has 1 atom stereocenters. The lowest BCUT2D eigenvalue weighted by molar-refractivity contribution is -0.140. The molecule has 0 aromatic heterocycles. The van der Waals surface area contributed by atoms with Crippen LogP contribution in [0, 0.1) is 5.92 Å². The molecule has 0 heterocycles. The summed E-state index contributed by atoms with van der Waals surface area (Å²) in [6.45, 7) is 7.59. The van der Waals surface area contributed by atoms with Crippen molar-refractivity contribution in [3.05, 3.63) is 0 Å². The number of nitrogens with one attached hydrogen (secondary N) is 1. The number of hydrogen-bond donors (Lipinski definition) is 3. The molecule has 0 radical (unpaired) electrons. The first-order valence-corrected chi connectivity index (χ1v) is 6.22. The van der Waals surface area contributed by atoms with Gasteiger partial charge in [-0.05, 0) is 26.2 Å². The van der Waals surface area contributed by atoms with Gasteiger partial charge < -0.3 is 20.4 Å². The lowest BCUT2D eigenvalue weighted by Crippen LogP contribution is -2.52. The van der Waals surface area contributed by atoms with Crippen molar-refractivity contribution < 1.29 is 19.8 Å². The van der Waals surface area contributed by atoms with E-state index < -0.39 is 18.0 Å². The molecule has 18 heavy (non-hydrogen) atoms. The van der Waals surface area contributed by atoms with Gasteiger partial charge in [0, 0.05) is 19.2 Å². The van der Waals surface area contributed by atoms with Crippen LogP contribution in [0.1, 0.15) is 34.1 Å². The van der Waals surface area contributed by atoms with E-state index in [1.165, 1.54) is 4.90 Å². The van der Waals surface area contributed by atoms with Gasteiger partial charge in [-0.2, -0.15) is 0 Å². The molecule has 0 aromatic rings. The molecule has 0 aliphatic heterocycles. The molecule has 6 heteroatoms. The molecule has 0 aliphatic rings. The lowest BCUT2D eigenvalue weighted by atomic mass is 10.1. The highest BCUT2D eigenvalue weighted by Gasteiger charge is 2.26. The van der Waals surface area contributed by atoms with E-state index in [4.69, 9.17) is 10.2 Å². The molecule has 0 bridgehead atoms. The Hall–Kier alpha value is -1.30. The van der Waals surface area contributed by atoms with E-state index in [1.807, 2.05) is 13.8 Å². The van der Waals surface area contributed by atoms with E-state index in [-0.39, 0.29) is 18.6 Å². The predicted molar refractivity (Wildman–Crippen MR) is 68.3 cm³/mol. The van der Waals surface area contributed by atoms with Crippen LogP contribution in [0.25, 0.3) is 0 Å². The number of aliphatic carboxylic acids is 1. The average molecular weight is 260 g/mol. The highest BCUT2D eigenvalue weighted by molar-refractivity contribution is 5.82. The van der Waals surface area contributed by atoms with E-state index in [0.717, 1.165) is 0 Å². The number of rotatable bonds is 7. The van der Waals surface area contributed by atoms with E-state index in [9.17, 15) is 9.59 Å². The number of nitrogens with zero attached hydrogens (tertiary/aromatic N) is 1. The summed E-state index contributed by atoms with van der Waals surface area (Å²) in [5, 5.41) is 20.3. The van der Waals surface area contributed by atoms with Crippen LogP contribution in [0.5, 0.6) is 0 Å². The van der Waals surface area contributed by atoms with Crippen LogP contribution in [0.15, 0.2) is 0 Å². The van der Waals surface area contributed by atoms with Crippen LogP contribution in [0.3, 0.4) is 0 Å². The number of hydrogen-bond acceptors (Lipinski definition) is 3. The Morgan fingerprint density at radius 1 is 1.22 bits per heavy atom. The first kappa shape index (κ1) is 16.7. The van der Waals surface area contributed by atoms with Gasteiger partial charge in [0.05, 0.1) is 0 Å². The van der Waals surface area contributed by atoms with Crippen molar-refractivity contribution in [1.82, 2.24) is 10.2 Å². The maximum absolute atomic E-state index is 12.0. The number of aliphatic hydroxyl groups is 1. The summed E-state index contributed by atoms with van der Waals surface area (Å²) in [5.41, 5.74) is 0. The molecule has 0 saturated carbocycles. The summed E-state index contributed by atoms with van der Waals surface area (Å²) in [5.74, 6) is -1.22. The topological polar surface area (TPSA) is 89.9 Å². The Balaban J connectivity index is 4.62. The zero-order valence-electron chi connectivity index (χ0n) is 11.5. The quantitative estimate of drug-likeness (QED) is 0.634. The third-order valence-corrected chi connectivity index (χ3v) is 2.65. The van der Waals surface area contributed by atoms with Gasteiger partial charge in [-0.3, -0.25) is 0 Å². The molecule has 6 nitrogen and oxygen atoms in total. The molecule has 0 aromatic carbocycles. The van der Waals surface area contributed by atoms with Crippen molar-refractivity contribution in [2.24, 2.45) is 5.92 Å². The summed E-state index contributed by atoms with van der Waals surface area (Å²) in [6, 6.07) is -1.34. The fourth-order valence-corrected chi connectivity index (χ4v) is 1.56. The number of carboxylic acid groups (broad SMARTS) is 1. The molecule has 0 aliphatic carbocycles. The van der Waals surface area contributed by atoms with Crippen LogP contribution >= 0.6 is 0 Å². The Morgan fingerprint density at radius 3 is 2.11 bits per heavy atom. The van der Waals surface area contributed by atoms with Crippen molar-refractivity contribution in [3.8, 4) is 0 Å². The summed E-state index contributed by atoms with van der Waals surface area (Å²) >= 11 is 0. The molecule has 2 amide bonds. The Labute approximate surface area is 108 Å². The minimum Gasteiger partial charge on any atom is -0.480 e. The van der Waals surface area contributed by atoms with Gasteiger partial charge in [-0.1, -0.05) is 13.8 Å². The van der Waals surface area contributed by atoms with E-state index in [1.54, 1.807) is 13.8 Å². The van der Waals surface area contributed by atoms with Gasteiger partial charge in [-0.15, -0.1) is 0 Å². The fourth-order valence-electron chi connectivity index (χ4n) is 1.56. The van der Waals surface area contributed by atoms with Crippen LogP contribution in [0.2, 0.25) is 0 Å². The summed E-state index contributed by atoms with van der Waals surface area (Å²) in [6.07, 6.45) is 0.477. The van der Waals surface area contributed by atoms with E-state index in [0.29, 0.717) is 13.0 Å². The van der Waals surface area contributed by atoms with Gasteiger partial charge in [0.1, 0.15) is 6.04 Å². The number of amides is 2. The zero-order chi connectivity index (χ0) is 14.3. The fraction of sp³-hybridized carbons (Fsp3) is 0.833. The van der Waals surface area contributed by atoms with Crippen molar-refractivity contribution in [1.29, 1.82) is 0 Å². The van der Waals surface area contributed by atoms with Gasteiger partial charge in [-0.25, -0.2) is 9.59 Å².